The van der Waals surface area contributed by atoms with Crippen molar-refractivity contribution in [1.82, 2.24) is 0 Å². The monoisotopic (exact) mass is 236 g/mol. The van der Waals surface area contributed by atoms with Crippen LogP contribution in [0.5, 0.6) is 0 Å². The van der Waals surface area contributed by atoms with E-state index in [0.29, 0.717) is 31.1 Å². The number of carbonyl (C=O) groups excluding carboxylic acids is 2. The van der Waals surface area contributed by atoms with Gasteiger partial charge in [-0.1, -0.05) is 0 Å². The fourth-order valence-corrected chi connectivity index (χ4v) is 5.20. The fraction of sp³-hybridized carbons (Fsp3) is 0.846. The maximum Gasteiger partial charge on any atom is 0.0476 e. The molecule has 0 saturated heterocycles. The molecule has 2 atom stereocenters. The largest absolute Gasteiger partial charge is 0.550 e. The Hall–Kier alpha value is -1.06. The van der Waals surface area contributed by atoms with Crippen LogP contribution in [0.1, 0.15) is 44.9 Å². The Morgan fingerprint density at radius 1 is 1.06 bits per heavy atom. The van der Waals surface area contributed by atoms with Crippen molar-refractivity contribution in [2.24, 2.45) is 22.7 Å². The zero-order valence-electron chi connectivity index (χ0n) is 9.74. The summed E-state index contributed by atoms with van der Waals surface area (Å²) in [6, 6.07) is 0. The number of carboxylic acids is 2. The number of carbonyl (C=O) groups is 2. The first-order valence-electron chi connectivity index (χ1n) is 6.34. The van der Waals surface area contributed by atoms with E-state index in [2.05, 4.69) is 0 Å². The minimum atomic E-state index is -1.04. The van der Waals surface area contributed by atoms with Crippen molar-refractivity contribution in [2.75, 3.05) is 0 Å². The highest BCUT2D eigenvalue weighted by molar-refractivity contribution is 5.74. The summed E-state index contributed by atoms with van der Waals surface area (Å²) >= 11 is 0. The smallest absolute Gasteiger partial charge is 0.0476 e. The number of rotatable bonds is 3. The van der Waals surface area contributed by atoms with Crippen LogP contribution in [0, 0.1) is 22.7 Å². The molecule has 4 bridgehead atoms. The Morgan fingerprint density at radius 3 is 2.12 bits per heavy atom. The molecule has 0 radical (unpaired) electrons. The minimum Gasteiger partial charge on any atom is -0.550 e. The highest BCUT2D eigenvalue weighted by Crippen LogP contribution is 2.66. The molecule has 0 N–H and O–H groups in total. The second kappa shape index (κ2) is 3.24. The molecule has 0 aliphatic heterocycles. The van der Waals surface area contributed by atoms with E-state index in [1.54, 1.807) is 0 Å². The summed E-state index contributed by atoms with van der Waals surface area (Å²) in [5.41, 5.74) is -1.05. The zero-order chi connectivity index (χ0) is 12.3. The molecule has 4 fully saturated rings. The standard InChI is InChI=1S/C13H18O4/c14-10(15)6-12-2-8-1-9(3-12)5-13(4-8,7-12)11(16)17/h8-9H,1-7H2,(H,14,15)(H,16,17)/p-2/t8-,9-,12?,13?/m1/s1. The Labute approximate surface area is 100 Å². The van der Waals surface area contributed by atoms with Gasteiger partial charge in [0, 0.05) is 17.4 Å². The van der Waals surface area contributed by atoms with E-state index in [1.165, 1.54) is 0 Å². The topological polar surface area (TPSA) is 80.3 Å². The molecule has 4 nitrogen and oxygen atoms in total. The summed E-state index contributed by atoms with van der Waals surface area (Å²) in [5.74, 6) is -1.24. The highest BCUT2D eigenvalue weighted by atomic mass is 16.4. The van der Waals surface area contributed by atoms with Gasteiger partial charge in [0.05, 0.1) is 0 Å². The van der Waals surface area contributed by atoms with Crippen LogP contribution in [-0.2, 0) is 9.59 Å². The summed E-state index contributed by atoms with van der Waals surface area (Å²) in [6.07, 6.45) is 4.71. The van der Waals surface area contributed by atoms with E-state index in [4.69, 9.17) is 0 Å². The molecule has 0 amide bonds. The zero-order valence-corrected chi connectivity index (χ0v) is 9.74. The second-order valence-corrected chi connectivity index (χ2v) is 6.58. The molecule has 0 aromatic carbocycles. The van der Waals surface area contributed by atoms with Crippen molar-refractivity contribution in [3.63, 3.8) is 0 Å². The molecule has 0 unspecified atom stereocenters. The molecule has 0 heterocycles. The first-order chi connectivity index (χ1) is 7.93. The average Bonchev–Trinajstić information content (AvgIpc) is 2.12. The second-order valence-electron chi connectivity index (χ2n) is 6.58. The van der Waals surface area contributed by atoms with Gasteiger partial charge < -0.3 is 19.8 Å². The third kappa shape index (κ3) is 1.57. The molecule has 4 saturated carbocycles. The average molecular weight is 236 g/mol. The van der Waals surface area contributed by atoms with Crippen molar-refractivity contribution in [2.45, 2.75) is 44.9 Å². The van der Waals surface area contributed by atoms with Crippen LogP contribution < -0.4 is 10.2 Å². The summed E-state index contributed by atoms with van der Waals surface area (Å²) in [7, 11) is 0. The molecule has 4 rings (SSSR count). The van der Waals surface area contributed by atoms with Crippen molar-refractivity contribution in [1.29, 1.82) is 0 Å². The summed E-state index contributed by atoms with van der Waals surface area (Å²) in [5, 5.41) is 22.3. The van der Waals surface area contributed by atoms with E-state index < -0.39 is 17.4 Å². The van der Waals surface area contributed by atoms with Gasteiger partial charge in [-0.15, -0.1) is 0 Å². The van der Waals surface area contributed by atoms with Gasteiger partial charge >= 0.3 is 0 Å². The van der Waals surface area contributed by atoms with Crippen LogP contribution in [-0.4, -0.2) is 11.9 Å². The predicted molar refractivity (Wildman–Crippen MR) is 54.2 cm³/mol. The fourth-order valence-electron chi connectivity index (χ4n) is 5.20. The number of aliphatic carboxylic acids is 2. The molecular weight excluding hydrogens is 220 g/mol. The van der Waals surface area contributed by atoms with Gasteiger partial charge in [-0.2, -0.15) is 0 Å². The van der Waals surface area contributed by atoms with Crippen LogP contribution >= 0.6 is 0 Å². The van der Waals surface area contributed by atoms with Crippen molar-refractivity contribution in [3.8, 4) is 0 Å². The highest BCUT2D eigenvalue weighted by Gasteiger charge is 2.57. The molecule has 0 aromatic rings. The van der Waals surface area contributed by atoms with Gasteiger partial charge in [-0.25, -0.2) is 0 Å². The SMILES string of the molecule is O=C([O-])CC12C[C@H]3C[C@H](C1)CC(C(=O)[O-])(C3)C2. The third-order valence-electron chi connectivity index (χ3n) is 5.13. The number of hydrogen-bond acceptors (Lipinski definition) is 4. The van der Waals surface area contributed by atoms with E-state index in [1.807, 2.05) is 0 Å². The van der Waals surface area contributed by atoms with Gasteiger partial charge in [0.25, 0.3) is 0 Å². The maximum atomic E-state index is 11.4. The Bertz CT molecular complexity index is 373. The van der Waals surface area contributed by atoms with Gasteiger partial charge in [0.1, 0.15) is 0 Å². The maximum absolute atomic E-state index is 11.4. The van der Waals surface area contributed by atoms with Crippen LogP contribution in [0.2, 0.25) is 0 Å². The molecule has 4 aliphatic carbocycles. The molecular formula is C13H16O4-2. The van der Waals surface area contributed by atoms with Crippen molar-refractivity contribution in [3.05, 3.63) is 0 Å². The Kier molecular flexibility index (Phi) is 2.11. The van der Waals surface area contributed by atoms with Crippen LogP contribution in [0.3, 0.4) is 0 Å². The molecule has 94 valence electrons. The summed E-state index contributed by atoms with van der Waals surface area (Å²) in [4.78, 5) is 22.3. The lowest BCUT2D eigenvalue weighted by Crippen LogP contribution is -2.59. The third-order valence-corrected chi connectivity index (χ3v) is 5.13. The van der Waals surface area contributed by atoms with Crippen LogP contribution in [0.25, 0.3) is 0 Å². The van der Waals surface area contributed by atoms with E-state index in [9.17, 15) is 19.8 Å². The lowest BCUT2D eigenvalue weighted by molar-refractivity contribution is -0.332. The van der Waals surface area contributed by atoms with Crippen molar-refractivity contribution < 1.29 is 19.8 Å². The molecule has 0 aromatic heterocycles. The van der Waals surface area contributed by atoms with E-state index in [0.717, 1.165) is 19.3 Å². The first-order valence-corrected chi connectivity index (χ1v) is 6.34. The number of hydrogen-bond donors (Lipinski definition) is 0. The Morgan fingerprint density at radius 2 is 1.65 bits per heavy atom. The van der Waals surface area contributed by atoms with Crippen molar-refractivity contribution >= 4 is 11.9 Å². The molecule has 4 heteroatoms. The van der Waals surface area contributed by atoms with E-state index >= 15 is 0 Å². The quantitative estimate of drug-likeness (QED) is 0.659. The van der Waals surface area contributed by atoms with Gasteiger partial charge in [0.2, 0.25) is 0 Å². The summed E-state index contributed by atoms with van der Waals surface area (Å²) < 4.78 is 0. The minimum absolute atomic E-state index is 0.0228. The van der Waals surface area contributed by atoms with Gasteiger partial charge in [0.15, 0.2) is 0 Å². The lowest BCUT2D eigenvalue weighted by atomic mass is 9.43. The van der Waals surface area contributed by atoms with Crippen LogP contribution in [0.15, 0.2) is 0 Å². The van der Waals surface area contributed by atoms with Crippen LogP contribution in [0.4, 0.5) is 0 Å². The van der Waals surface area contributed by atoms with Gasteiger partial charge in [-0.3, -0.25) is 0 Å². The van der Waals surface area contributed by atoms with Gasteiger partial charge in [-0.05, 0) is 62.2 Å². The molecule has 17 heavy (non-hydrogen) atoms. The Balaban J connectivity index is 1.94. The lowest BCUT2D eigenvalue weighted by Gasteiger charge is -2.62. The van der Waals surface area contributed by atoms with E-state index in [-0.39, 0.29) is 11.8 Å². The first kappa shape index (κ1) is 11.1. The molecule has 4 aliphatic rings. The normalized spacial score (nSPS) is 47.1. The molecule has 0 spiro atoms. The number of carboxylic acid groups (broad SMARTS) is 2. The summed E-state index contributed by atoms with van der Waals surface area (Å²) in [6.45, 7) is 0. The predicted octanol–water partition coefficient (Wildman–Crippen LogP) is -0.537.